The first-order valence-electron chi connectivity index (χ1n) is 6.37. The first-order valence-corrected chi connectivity index (χ1v) is 6.75. The predicted molar refractivity (Wildman–Crippen MR) is 78.5 cm³/mol. The van der Waals surface area contributed by atoms with Crippen LogP contribution in [0.2, 0.25) is 5.02 Å². The van der Waals surface area contributed by atoms with Gasteiger partial charge in [-0.2, -0.15) is 0 Å². The van der Waals surface area contributed by atoms with Crippen molar-refractivity contribution in [3.8, 4) is 0 Å². The van der Waals surface area contributed by atoms with E-state index in [9.17, 15) is 14.3 Å². The highest BCUT2D eigenvalue weighted by Gasteiger charge is 2.21. The zero-order chi connectivity index (χ0) is 15.3. The highest BCUT2D eigenvalue weighted by atomic mass is 35.5. The lowest BCUT2D eigenvalue weighted by atomic mass is 9.87. The standard InChI is InChI=1S/C14H20ClFN2O2/c1-9(19)7-14(2,3)8-17-13(20)18-12-6-10(15)4-5-11(12)16/h4-6,9,19H,7-8H2,1-3H3,(H2,17,18,20). The predicted octanol–water partition coefficient (Wildman–Crippen LogP) is 3.40. The number of rotatable bonds is 5. The Kier molecular flexibility index (Phi) is 5.77. The Balaban J connectivity index is 2.54. The Bertz CT molecular complexity index is 478. The third-order valence-corrected chi connectivity index (χ3v) is 2.99. The molecule has 1 atom stereocenters. The summed E-state index contributed by atoms with van der Waals surface area (Å²) in [7, 11) is 0. The molecule has 0 spiro atoms. The van der Waals surface area contributed by atoms with Gasteiger partial charge in [-0.25, -0.2) is 9.18 Å². The smallest absolute Gasteiger partial charge is 0.319 e. The summed E-state index contributed by atoms with van der Waals surface area (Å²) in [6.45, 7) is 5.93. The highest BCUT2D eigenvalue weighted by Crippen LogP contribution is 2.22. The van der Waals surface area contributed by atoms with E-state index >= 15 is 0 Å². The van der Waals surface area contributed by atoms with Crippen LogP contribution in [0.25, 0.3) is 0 Å². The lowest BCUT2D eigenvalue weighted by molar-refractivity contribution is 0.129. The van der Waals surface area contributed by atoms with Gasteiger partial charge in [0.25, 0.3) is 0 Å². The van der Waals surface area contributed by atoms with Crippen LogP contribution < -0.4 is 10.6 Å². The average molecular weight is 303 g/mol. The van der Waals surface area contributed by atoms with Gasteiger partial charge in [-0.05, 0) is 37.0 Å². The molecule has 1 aromatic rings. The van der Waals surface area contributed by atoms with Crippen LogP contribution in [0.4, 0.5) is 14.9 Å². The van der Waals surface area contributed by atoms with Gasteiger partial charge in [-0.15, -0.1) is 0 Å². The summed E-state index contributed by atoms with van der Waals surface area (Å²) in [5.74, 6) is -0.548. The van der Waals surface area contributed by atoms with Crippen molar-refractivity contribution < 1.29 is 14.3 Å². The first-order chi connectivity index (χ1) is 9.19. The number of urea groups is 1. The summed E-state index contributed by atoms with van der Waals surface area (Å²) in [4.78, 5) is 11.7. The molecule has 0 saturated heterocycles. The van der Waals surface area contributed by atoms with Crippen LogP contribution in [0.5, 0.6) is 0 Å². The van der Waals surface area contributed by atoms with Gasteiger partial charge in [0.2, 0.25) is 0 Å². The zero-order valence-electron chi connectivity index (χ0n) is 11.8. The van der Waals surface area contributed by atoms with Crippen molar-refractivity contribution in [2.75, 3.05) is 11.9 Å². The van der Waals surface area contributed by atoms with E-state index in [1.807, 2.05) is 13.8 Å². The number of carbonyl (C=O) groups is 1. The number of hydrogen-bond donors (Lipinski definition) is 3. The SMILES string of the molecule is CC(O)CC(C)(C)CNC(=O)Nc1cc(Cl)ccc1F. The second-order valence-corrected chi connectivity index (χ2v) is 6.09. The van der Waals surface area contributed by atoms with Gasteiger partial charge in [0.05, 0.1) is 11.8 Å². The molecule has 6 heteroatoms. The maximum atomic E-state index is 13.4. The van der Waals surface area contributed by atoms with E-state index in [-0.39, 0.29) is 11.1 Å². The Labute approximate surface area is 123 Å². The minimum absolute atomic E-state index is 0.0309. The molecule has 0 aliphatic carbocycles. The van der Waals surface area contributed by atoms with E-state index in [2.05, 4.69) is 10.6 Å². The van der Waals surface area contributed by atoms with Gasteiger partial charge in [0.1, 0.15) is 5.82 Å². The third kappa shape index (κ3) is 5.75. The van der Waals surface area contributed by atoms with Crippen molar-refractivity contribution >= 4 is 23.3 Å². The number of halogens is 2. The van der Waals surface area contributed by atoms with E-state index in [1.54, 1.807) is 6.92 Å². The van der Waals surface area contributed by atoms with Crippen LogP contribution in [-0.4, -0.2) is 23.8 Å². The number of nitrogens with one attached hydrogen (secondary N) is 2. The van der Waals surface area contributed by atoms with Crippen LogP contribution in [0, 0.1) is 11.2 Å². The van der Waals surface area contributed by atoms with E-state index in [0.29, 0.717) is 18.0 Å². The lowest BCUT2D eigenvalue weighted by Crippen LogP contribution is -2.38. The average Bonchev–Trinajstić information content (AvgIpc) is 2.30. The minimum Gasteiger partial charge on any atom is -0.393 e. The topological polar surface area (TPSA) is 61.4 Å². The van der Waals surface area contributed by atoms with Crippen molar-refractivity contribution in [1.82, 2.24) is 5.32 Å². The molecule has 0 aliphatic heterocycles. The number of hydrogen-bond acceptors (Lipinski definition) is 2. The molecule has 0 heterocycles. The molecule has 4 nitrogen and oxygen atoms in total. The highest BCUT2D eigenvalue weighted by molar-refractivity contribution is 6.30. The number of benzene rings is 1. The molecule has 112 valence electrons. The maximum absolute atomic E-state index is 13.4. The van der Waals surface area contributed by atoms with Crippen molar-refractivity contribution in [3.63, 3.8) is 0 Å². The second kappa shape index (κ2) is 6.90. The summed E-state index contributed by atoms with van der Waals surface area (Å²) >= 11 is 5.74. The molecule has 20 heavy (non-hydrogen) atoms. The van der Waals surface area contributed by atoms with E-state index in [0.717, 1.165) is 0 Å². The summed E-state index contributed by atoms with van der Waals surface area (Å²) in [5, 5.41) is 14.8. The molecule has 1 rings (SSSR count). The largest absolute Gasteiger partial charge is 0.393 e. The van der Waals surface area contributed by atoms with Gasteiger partial charge in [0, 0.05) is 11.6 Å². The van der Waals surface area contributed by atoms with Crippen LogP contribution in [-0.2, 0) is 0 Å². The van der Waals surface area contributed by atoms with Crippen LogP contribution in [0.1, 0.15) is 27.2 Å². The first kappa shape index (κ1) is 16.7. The van der Waals surface area contributed by atoms with Crippen LogP contribution in [0.3, 0.4) is 0 Å². The van der Waals surface area contributed by atoms with Crippen molar-refractivity contribution in [2.24, 2.45) is 5.41 Å². The Morgan fingerprint density at radius 3 is 2.75 bits per heavy atom. The summed E-state index contributed by atoms with van der Waals surface area (Å²) in [6, 6.07) is 3.43. The zero-order valence-corrected chi connectivity index (χ0v) is 12.6. The van der Waals surface area contributed by atoms with Crippen molar-refractivity contribution in [3.05, 3.63) is 29.0 Å². The number of amides is 2. The molecule has 0 aromatic heterocycles. The van der Waals surface area contributed by atoms with Gasteiger partial charge in [-0.3, -0.25) is 0 Å². The fourth-order valence-electron chi connectivity index (χ4n) is 1.95. The van der Waals surface area contributed by atoms with E-state index in [4.69, 9.17) is 11.6 Å². The summed E-state index contributed by atoms with van der Waals surface area (Å²) in [5.41, 5.74) is -0.221. The molecule has 0 aliphatic rings. The van der Waals surface area contributed by atoms with E-state index < -0.39 is 18.0 Å². The van der Waals surface area contributed by atoms with Gasteiger partial charge < -0.3 is 15.7 Å². The monoisotopic (exact) mass is 302 g/mol. The third-order valence-electron chi connectivity index (χ3n) is 2.75. The van der Waals surface area contributed by atoms with E-state index in [1.165, 1.54) is 18.2 Å². The van der Waals surface area contributed by atoms with Gasteiger partial charge in [0.15, 0.2) is 0 Å². The Morgan fingerprint density at radius 2 is 2.15 bits per heavy atom. The Morgan fingerprint density at radius 1 is 1.50 bits per heavy atom. The second-order valence-electron chi connectivity index (χ2n) is 5.65. The molecule has 0 saturated carbocycles. The molecule has 3 N–H and O–H groups in total. The number of aliphatic hydroxyl groups is 1. The summed E-state index contributed by atoms with van der Waals surface area (Å²) < 4.78 is 13.4. The van der Waals surface area contributed by atoms with Gasteiger partial charge in [-0.1, -0.05) is 25.4 Å². The summed E-state index contributed by atoms with van der Waals surface area (Å²) in [6.07, 6.45) is 0.110. The lowest BCUT2D eigenvalue weighted by Gasteiger charge is -2.26. The van der Waals surface area contributed by atoms with Crippen molar-refractivity contribution in [1.29, 1.82) is 0 Å². The number of aliphatic hydroxyl groups excluding tert-OH is 1. The van der Waals surface area contributed by atoms with Crippen molar-refractivity contribution in [2.45, 2.75) is 33.3 Å². The fraction of sp³-hybridized carbons (Fsp3) is 0.500. The molecule has 1 unspecified atom stereocenters. The van der Waals surface area contributed by atoms with Crippen LogP contribution >= 0.6 is 11.6 Å². The maximum Gasteiger partial charge on any atom is 0.319 e. The molecule has 0 radical (unpaired) electrons. The number of anilines is 1. The van der Waals surface area contributed by atoms with Gasteiger partial charge >= 0.3 is 6.03 Å². The quantitative estimate of drug-likeness (QED) is 0.780. The fourth-order valence-corrected chi connectivity index (χ4v) is 2.12. The molecular weight excluding hydrogens is 283 g/mol. The molecule has 2 amide bonds. The molecule has 0 bridgehead atoms. The molecule has 0 fully saturated rings. The number of carbonyl (C=O) groups excluding carboxylic acids is 1. The molecular formula is C14H20ClFN2O2. The normalized spacial score (nSPS) is 12.9. The Hall–Kier alpha value is -1.33. The van der Waals surface area contributed by atoms with Crippen LogP contribution in [0.15, 0.2) is 18.2 Å². The minimum atomic E-state index is -0.548. The molecule has 1 aromatic carbocycles.